The molecule has 0 spiro atoms. The molecule has 0 saturated heterocycles. The Kier molecular flexibility index (Phi) is 3.59. The van der Waals surface area contributed by atoms with Crippen LogP contribution < -0.4 is 5.32 Å². The van der Waals surface area contributed by atoms with E-state index in [9.17, 15) is 0 Å². The van der Waals surface area contributed by atoms with Crippen LogP contribution in [0.15, 0.2) is 28.7 Å². The summed E-state index contributed by atoms with van der Waals surface area (Å²) in [6.07, 6.45) is 0. The van der Waals surface area contributed by atoms with E-state index in [-0.39, 0.29) is 0 Å². The molecule has 1 aliphatic heterocycles. The summed E-state index contributed by atoms with van der Waals surface area (Å²) in [7, 11) is 0. The average molecular weight is 334 g/mol. The predicted octanol–water partition coefficient (Wildman–Crippen LogP) is 4.29. The number of nitrogens with one attached hydrogen (secondary N) is 1. The lowest BCUT2D eigenvalue weighted by molar-refractivity contribution is 0.499. The van der Waals surface area contributed by atoms with Crippen molar-refractivity contribution in [2.75, 3.05) is 11.9 Å². The van der Waals surface area contributed by atoms with Crippen molar-refractivity contribution in [3.05, 3.63) is 45.6 Å². The number of benzene rings is 1. The van der Waals surface area contributed by atoms with Crippen LogP contribution in [0.1, 0.15) is 42.5 Å². The second-order valence-electron chi connectivity index (χ2n) is 5.87. The van der Waals surface area contributed by atoms with Gasteiger partial charge in [0.2, 0.25) is 0 Å². The zero-order valence-electron chi connectivity index (χ0n) is 12.2. The van der Waals surface area contributed by atoms with Gasteiger partial charge in [-0.25, -0.2) is 4.68 Å². The van der Waals surface area contributed by atoms with Crippen LogP contribution >= 0.6 is 15.9 Å². The van der Waals surface area contributed by atoms with E-state index in [0.29, 0.717) is 11.8 Å². The lowest BCUT2D eigenvalue weighted by atomic mass is 9.97. The summed E-state index contributed by atoms with van der Waals surface area (Å²) in [5.41, 5.74) is 3.82. The molecule has 106 valence electrons. The average Bonchev–Trinajstić information content (AvgIpc) is 2.77. The third kappa shape index (κ3) is 2.37. The zero-order chi connectivity index (χ0) is 14.3. The molecule has 3 rings (SSSR count). The van der Waals surface area contributed by atoms with E-state index in [4.69, 9.17) is 5.10 Å². The van der Waals surface area contributed by atoms with Crippen LogP contribution in [0.25, 0.3) is 0 Å². The summed E-state index contributed by atoms with van der Waals surface area (Å²) in [4.78, 5) is 0. The number of halogens is 1. The van der Waals surface area contributed by atoms with Gasteiger partial charge in [0.1, 0.15) is 5.82 Å². The first-order valence-electron chi connectivity index (χ1n) is 7.13. The lowest BCUT2D eigenvalue weighted by Crippen LogP contribution is -2.26. The van der Waals surface area contributed by atoms with Crippen LogP contribution in [0, 0.1) is 6.92 Å². The van der Waals surface area contributed by atoms with E-state index < -0.39 is 0 Å². The first-order chi connectivity index (χ1) is 9.56. The third-order valence-corrected chi connectivity index (χ3v) is 4.71. The molecule has 0 amide bonds. The monoisotopic (exact) mass is 333 g/mol. The molecule has 2 aromatic rings. The number of nitrogens with zero attached hydrogens (tertiary/aromatic N) is 2. The number of anilines is 1. The van der Waals surface area contributed by atoms with Gasteiger partial charge in [-0.05, 0) is 34.3 Å². The fourth-order valence-corrected chi connectivity index (χ4v) is 3.57. The molecule has 1 aromatic heterocycles. The summed E-state index contributed by atoms with van der Waals surface area (Å²) >= 11 is 3.68. The van der Waals surface area contributed by atoms with Gasteiger partial charge in [-0.15, -0.1) is 0 Å². The van der Waals surface area contributed by atoms with Crippen molar-refractivity contribution < 1.29 is 0 Å². The lowest BCUT2D eigenvalue weighted by Gasteiger charge is -2.25. The van der Waals surface area contributed by atoms with Crippen molar-refractivity contribution in [1.29, 1.82) is 0 Å². The molecule has 0 aliphatic carbocycles. The first kappa shape index (κ1) is 13.7. The number of fused-ring (bicyclic) bond motifs is 1. The standard InChI is InChI=1S/C16H20BrN3/c1-10(2)15-14(17)16-18-8-13(9-20(16)19-15)12-6-4-11(3)5-7-12/h4-7,10,13,18H,8-9H2,1-3H3. The van der Waals surface area contributed by atoms with Gasteiger partial charge in [-0.3, -0.25) is 0 Å². The molecule has 0 radical (unpaired) electrons. The molecule has 1 atom stereocenters. The van der Waals surface area contributed by atoms with Crippen molar-refractivity contribution in [3.8, 4) is 0 Å². The minimum absolute atomic E-state index is 0.432. The van der Waals surface area contributed by atoms with E-state index in [1.807, 2.05) is 0 Å². The van der Waals surface area contributed by atoms with Crippen molar-refractivity contribution in [2.24, 2.45) is 0 Å². The second-order valence-corrected chi connectivity index (χ2v) is 6.67. The van der Waals surface area contributed by atoms with Crippen molar-refractivity contribution in [2.45, 2.75) is 39.2 Å². The SMILES string of the molecule is Cc1ccc(C2CNc3c(Br)c(C(C)C)nn3C2)cc1. The Hall–Kier alpha value is -1.29. The van der Waals surface area contributed by atoms with Gasteiger partial charge in [0.25, 0.3) is 0 Å². The Morgan fingerprint density at radius 1 is 1.30 bits per heavy atom. The predicted molar refractivity (Wildman–Crippen MR) is 86.4 cm³/mol. The number of hydrogen-bond acceptors (Lipinski definition) is 2. The van der Waals surface area contributed by atoms with Gasteiger partial charge in [0, 0.05) is 12.5 Å². The number of rotatable bonds is 2. The zero-order valence-corrected chi connectivity index (χ0v) is 13.7. The topological polar surface area (TPSA) is 29.9 Å². The fraction of sp³-hybridized carbons (Fsp3) is 0.438. The van der Waals surface area contributed by atoms with Gasteiger partial charge in [0.05, 0.1) is 16.7 Å². The first-order valence-corrected chi connectivity index (χ1v) is 7.92. The molecule has 1 unspecified atom stereocenters. The molecule has 2 heterocycles. The highest BCUT2D eigenvalue weighted by molar-refractivity contribution is 9.10. The summed E-state index contributed by atoms with van der Waals surface area (Å²) < 4.78 is 3.22. The molecule has 4 heteroatoms. The molecule has 0 bridgehead atoms. The molecule has 1 aliphatic rings. The molecule has 0 saturated carbocycles. The highest BCUT2D eigenvalue weighted by atomic mass is 79.9. The maximum atomic E-state index is 4.75. The molecular formula is C16H20BrN3. The van der Waals surface area contributed by atoms with Gasteiger partial charge < -0.3 is 5.32 Å². The van der Waals surface area contributed by atoms with E-state index in [2.05, 4.69) is 71.0 Å². The highest BCUT2D eigenvalue weighted by Gasteiger charge is 2.25. The van der Waals surface area contributed by atoms with Crippen LogP contribution in [-0.2, 0) is 6.54 Å². The van der Waals surface area contributed by atoms with E-state index in [1.54, 1.807) is 0 Å². The molecular weight excluding hydrogens is 314 g/mol. The Morgan fingerprint density at radius 3 is 2.65 bits per heavy atom. The van der Waals surface area contributed by atoms with Crippen LogP contribution in [0.3, 0.4) is 0 Å². The number of aromatic nitrogens is 2. The molecule has 1 aromatic carbocycles. The summed E-state index contributed by atoms with van der Waals surface area (Å²) in [6.45, 7) is 8.38. The van der Waals surface area contributed by atoms with Crippen LogP contribution in [-0.4, -0.2) is 16.3 Å². The summed E-state index contributed by atoms with van der Waals surface area (Å²) in [5, 5.41) is 8.27. The quantitative estimate of drug-likeness (QED) is 0.888. The maximum Gasteiger partial charge on any atom is 0.139 e. The van der Waals surface area contributed by atoms with Gasteiger partial charge in [0.15, 0.2) is 0 Å². The normalized spacial score (nSPS) is 17.9. The molecule has 3 nitrogen and oxygen atoms in total. The van der Waals surface area contributed by atoms with Crippen molar-refractivity contribution in [1.82, 2.24) is 9.78 Å². The van der Waals surface area contributed by atoms with Gasteiger partial charge in [-0.2, -0.15) is 5.10 Å². The minimum atomic E-state index is 0.432. The van der Waals surface area contributed by atoms with E-state index in [1.165, 1.54) is 11.1 Å². The number of aryl methyl sites for hydroxylation is 1. The maximum absolute atomic E-state index is 4.75. The van der Waals surface area contributed by atoms with E-state index >= 15 is 0 Å². The Bertz CT molecular complexity index is 613. The minimum Gasteiger partial charge on any atom is -0.369 e. The largest absolute Gasteiger partial charge is 0.369 e. The smallest absolute Gasteiger partial charge is 0.139 e. The van der Waals surface area contributed by atoms with Gasteiger partial charge >= 0.3 is 0 Å². The fourth-order valence-electron chi connectivity index (χ4n) is 2.68. The van der Waals surface area contributed by atoms with Gasteiger partial charge in [-0.1, -0.05) is 43.7 Å². The van der Waals surface area contributed by atoms with Crippen molar-refractivity contribution >= 4 is 21.7 Å². The Balaban J connectivity index is 1.88. The third-order valence-electron chi connectivity index (χ3n) is 3.92. The van der Waals surface area contributed by atoms with Crippen LogP contribution in [0.2, 0.25) is 0 Å². The molecule has 20 heavy (non-hydrogen) atoms. The Morgan fingerprint density at radius 2 is 2.00 bits per heavy atom. The van der Waals surface area contributed by atoms with Crippen LogP contribution in [0.4, 0.5) is 5.82 Å². The molecule has 1 N–H and O–H groups in total. The highest BCUT2D eigenvalue weighted by Crippen LogP contribution is 2.35. The number of hydrogen-bond donors (Lipinski definition) is 1. The Labute approximate surface area is 128 Å². The molecule has 0 fully saturated rings. The second kappa shape index (κ2) is 5.24. The van der Waals surface area contributed by atoms with E-state index in [0.717, 1.165) is 29.1 Å². The van der Waals surface area contributed by atoms with Crippen molar-refractivity contribution in [3.63, 3.8) is 0 Å². The van der Waals surface area contributed by atoms with Crippen LogP contribution in [0.5, 0.6) is 0 Å². The summed E-state index contributed by atoms with van der Waals surface area (Å²) in [6, 6.07) is 8.83. The summed E-state index contributed by atoms with van der Waals surface area (Å²) in [5.74, 6) is 2.04.